The van der Waals surface area contributed by atoms with E-state index in [0.717, 1.165) is 36.3 Å². The molecule has 0 radical (unpaired) electrons. The highest BCUT2D eigenvalue weighted by Gasteiger charge is 2.25. The molecule has 1 N–H and O–H groups in total. The smallest absolute Gasteiger partial charge is 0.147 e. The summed E-state index contributed by atoms with van der Waals surface area (Å²) in [5.41, 5.74) is 1.16. The second-order valence-corrected chi connectivity index (χ2v) is 4.96. The van der Waals surface area contributed by atoms with Crippen molar-refractivity contribution in [2.45, 2.75) is 39.2 Å². The first-order chi connectivity index (χ1) is 9.22. The molecule has 0 saturated heterocycles. The maximum Gasteiger partial charge on any atom is 0.147 e. The van der Waals surface area contributed by atoms with Gasteiger partial charge in [-0.15, -0.1) is 0 Å². The van der Waals surface area contributed by atoms with E-state index in [1.807, 2.05) is 18.5 Å². The van der Waals surface area contributed by atoms with Crippen LogP contribution in [0.5, 0.6) is 0 Å². The van der Waals surface area contributed by atoms with E-state index in [4.69, 9.17) is 0 Å². The lowest BCUT2D eigenvalue weighted by Gasteiger charge is -2.07. The lowest BCUT2D eigenvalue weighted by Crippen LogP contribution is -2.13. The van der Waals surface area contributed by atoms with Crippen LogP contribution in [-0.2, 0) is 6.54 Å². The van der Waals surface area contributed by atoms with Gasteiger partial charge in [-0.25, -0.2) is 19.6 Å². The highest BCUT2D eigenvalue weighted by molar-refractivity contribution is 5.36. The van der Waals surface area contributed by atoms with E-state index in [1.165, 1.54) is 12.8 Å². The van der Waals surface area contributed by atoms with Crippen molar-refractivity contribution in [1.29, 1.82) is 0 Å². The van der Waals surface area contributed by atoms with Crippen molar-refractivity contribution in [2.75, 3.05) is 11.9 Å². The Balaban J connectivity index is 1.57. The fourth-order valence-corrected chi connectivity index (χ4v) is 2.13. The van der Waals surface area contributed by atoms with Gasteiger partial charge in [-0.2, -0.15) is 5.10 Å². The Morgan fingerprint density at radius 3 is 2.84 bits per heavy atom. The van der Waals surface area contributed by atoms with Gasteiger partial charge in [0.05, 0.1) is 6.54 Å². The van der Waals surface area contributed by atoms with Crippen LogP contribution < -0.4 is 5.32 Å². The van der Waals surface area contributed by atoms with Crippen molar-refractivity contribution in [2.24, 2.45) is 0 Å². The first kappa shape index (κ1) is 12.1. The number of nitrogens with zero attached hydrogens (tertiary/aromatic N) is 5. The maximum atomic E-state index is 4.33. The number of hydrogen-bond donors (Lipinski definition) is 1. The van der Waals surface area contributed by atoms with E-state index in [1.54, 1.807) is 6.33 Å². The molecular formula is C13H18N6. The van der Waals surface area contributed by atoms with Gasteiger partial charge < -0.3 is 5.32 Å². The monoisotopic (exact) mass is 258 g/mol. The molecule has 0 amide bonds. The summed E-state index contributed by atoms with van der Waals surface area (Å²) in [6.45, 7) is 5.44. The minimum atomic E-state index is 0.656. The Kier molecular flexibility index (Phi) is 3.15. The van der Waals surface area contributed by atoms with Crippen LogP contribution in [0, 0.1) is 13.8 Å². The molecule has 0 unspecified atom stereocenters. The van der Waals surface area contributed by atoms with E-state index in [9.17, 15) is 0 Å². The normalized spacial score (nSPS) is 14.6. The van der Waals surface area contributed by atoms with Crippen LogP contribution in [-0.4, -0.2) is 31.3 Å². The highest BCUT2D eigenvalue weighted by Crippen LogP contribution is 2.39. The average Bonchev–Trinajstić information content (AvgIpc) is 3.17. The molecule has 0 atom stereocenters. The summed E-state index contributed by atoms with van der Waals surface area (Å²) in [6, 6.07) is 2.05. The third-order valence-electron chi connectivity index (χ3n) is 3.28. The van der Waals surface area contributed by atoms with Crippen LogP contribution >= 0.6 is 0 Å². The van der Waals surface area contributed by atoms with E-state index in [2.05, 4.69) is 31.4 Å². The van der Waals surface area contributed by atoms with Crippen LogP contribution in [0.25, 0.3) is 0 Å². The largest absolute Gasteiger partial charge is 0.368 e. The molecule has 2 aromatic rings. The summed E-state index contributed by atoms with van der Waals surface area (Å²) >= 11 is 0. The Morgan fingerprint density at radius 1 is 1.32 bits per heavy atom. The van der Waals surface area contributed by atoms with Gasteiger partial charge in [0, 0.05) is 24.2 Å². The van der Waals surface area contributed by atoms with E-state index in [0.29, 0.717) is 5.92 Å². The summed E-state index contributed by atoms with van der Waals surface area (Å²) in [7, 11) is 0. The molecule has 3 rings (SSSR count). The molecule has 0 aromatic carbocycles. The fourth-order valence-electron chi connectivity index (χ4n) is 2.13. The Morgan fingerprint density at radius 2 is 2.16 bits per heavy atom. The van der Waals surface area contributed by atoms with Crippen LogP contribution in [0.1, 0.15) is 36.1 Å². The molecule has 19 heavy (non-hydrogen) atoms. The number of anilines is 1. The molecule has 100 valence electrons. The van der Waals surface area contributed by atoms with Crippen molar-refractivity contribution in [3.63, 3.8) is 0 Å². The second kappa shape index (κ2) is 4.95. The molecule has 0 bridgehead atoms. The maximum absolute atomic E-state index is 4.33. The quantitative estimate of drug-likeness (QED) is 0.883. The van der Waals surface area contributed by atoms with Gasteiger partial charge >= 0.3 is 0 Å². The molecule has 6 heteroatoms. The SMILES string of the molecule is Cc1nc(C)n(CCNc2cc(C3CC3)ncn2)n1. The van der Waals surface area contributed by atoms with Crippen LogP contribution in [0.15, 0.2) is 12.4 Å². The number of nitrogens with one attached hydrogen (secondary N) is 1. The summed E-state index contributed by atoms with van der Waals surface area (Å²) in [4.78, 5) is 12.8. The first-order valence-electron chi connectivity index (χ1n) is 6.66. The van der Waals surface area contributed by atoms with Crippen molar-refractivity contribution < 1.29 is 0 Å². The molecule has 6 nitrogen and oxygen atoms in total. The lowest BCUT2D eigenvalue weighted by atomic mass is 10.3. The molecule has 2 heterocycles. The topological polar surface area (TPSA) is 68.5 Å². The third-order valence-corrected chi connectivity index (χ3v) is 3.28. The van der Waals surface area contributed by atoms with Gasteiger partial charge in [-0.1, -0.05) is 0 Å². The molecule has 1 fully saturated rings. The van der Waals surface area contributed by atoms with Crippen LogP contribution in [0.3, 0.4) is 0 Å². The zero-order valence-electron chi connectivity index (χ0n) is 11.3. The first-order valence-corrected chi connectivity index (χ1v) is 6.66. The standard InChI is InChI=1S/C13H18N6/c1-9-17-10(2)19(18-9)6-5-14-13-7-12(11-3-4-11)15-8-16-13/h7-8,11H,3-6H2,1-2H3,(H,14,15,16). The molecule has 2 aromatic heterocycles. The van der Waals surface area contributed by atoms with Crippen molar-refractivity contribution in [3.05, 3.63) is 29.7 Å². The highest BCUT2D eigenvalue weighted by atomic mass is 15.3. The molecule has 0 spiro atoms. The predicted molar refractivity (Wildman–Crippen MR) is 72.0 cm³/mol. The molecule has 1 aliphatic rings. The third kappa shape index (κ3) is 2.89. The Bertz CT molecular complexity index is 572. The molecule has 0 aliphatic heterocycles. The average molecular weight is 258 g/mol. The van der Waals surface area contributed by atoms with Crippen LogP contribution in [0.4, 0.5) is 5.82 Å². The second-order valence-electron chi connectivity index (χ2n) is 4.96. The van der Waals surface area contributed by atoms with Gasteiger partial charge in [0.15, 0.2) is 0 Å². The van der Waals surface area contributed by atoms with Crippen molar-refractivity contribution in [1.82, 2.24) is 24.7 Å². The van der Waals surface area contributed by atoms with Gasteiger partial charge in [0.25, 0.3) is 0 Å². The van der Waals surface area contributed by atoms with E-state index < -0.39 is 0 Å². The molecular weight excluding hydrogens is 240 g/mol. The summed E-state index contributed by atoms with van der Waals surface area (Å²) in [6.07, 6.45) is 4.16. The van der Waals surface area contributed by atoms with Gasteiger partial charge in [0.1, 0.15) is 23.8 Å². The lowest BCUT2D eigenvalue weighted by molar-refractivity contribution is 0.612. The van der Waals surface area contributed by atoms with Crippen molar-refractivity contribution in [3.8, 4) is 0 Å². The number of aromatic nitrogens is 5. The summed E-state index contributed by atoms with van der Waals surface area (Å²) < 4.78 is 1.91. The minimum absolute atomic E-state index is 0.656. The van der Waals surface area contributed by atoms with Gasteiger partial charge in [0.2, 0.25) is 0 Å². The zero-order valence-corrected chi connectivity index (χ0v) is 11.3. The Labute approximate surface area is 112 Å². The van der Waals surface area contributed by atoms with E-state index in [-0.39, 0.29) is 0 Å². The molecule has 1 aliphatic carbocycles. The van der Waals surface area contributed by atoms with Gasteiger partial charge in [-0.3, -0.25) is 0 Å². The zero-order chi connectivity index (χ0) is 13.2. The number of aryl methyl sites for hydroxylation is 2. The van der Waals surface area contributed by atoms with Crippen molar-refractivity contribution >= 4 is 5.82 Å². The van der Waals surface area contributed by atoms with Crippen LogP contribution in [0.2, 0.25) is 0 Å². The predicted octanol–water partition coefficient (Wildman–Crippen LogP) is 1.67. The van der Waals surface area contributed by atoms with E-state index >= 15 is 0 Å². The molecule has 1 saturated carbocycles. The fraction of sp³-hybridized carbons (Fsp3) is 0.538. The summed E-state index contributed by atoms with van der Waals surface area (Å²) in [5, 5.41) is 7.64. The number of rotatable bonds is 5. The van der Waals surface area contributed by atoms with Gasteiger partial charge in [-0.05, 0) is 26.7 Å². The summed E-state index contributed by atoms with van der Waals surface area (Å²) in [5.74, 6) is 3.31. The number of hydrogen-bond acceptors (Lipinski definition) is 5. The minimum Gasteiger partial charge on any atom is -0.368 e. The Hall–Kier alpha value is -1.98.